The molecule has 1 unspecified atom stereocenters. The molecule has 38 heavy (non-hydrogen) atoms. The van der Waals surface area contributed by atoms with Crippen molar-refractivity contribution in [2.24, 2.45) is 0 Å². The number of halogens is 3. The highest BCUT2D eigenvalue weighted by molar-refractivity contribution is 5.74. The van der Waals surface area contributed by atoms with Crippen LogP contribution in [0.5, 0.6) is 5.75 Å². The summed E-state index contributed by atoms with van der Waals surface area (Å²) in [7, 11) is 1.35. The SMILES string of the molecule is CCCC(C)c1cc2c(cc1C(F)(F)F)N(c1nn(C3CCOCC3)c3c1CN(C(=O)OC)CC3)CCO2. The Morgan fingerprint density at radius 2 is 1.97 bits per heavy atom. The van der Waals surface area contributed by atoms with Gasteiger partial charge in [-0.3, -0.25) is 4.68 Å². The lowest BCUT2D eigenvalue weighted by Gasteiger charge is -2.33. The Hall–Kier alpha value is -2.95. The molecule has 0 N–H and O–H groups in total. The summed E-state index contributed by atoms with van der Waals surface area (Å²) in [5.74, 6) is 0.749. The van der Waals surface area contributed by atoms with Gasteiger partial charge in [0.15, 0.2) is 5.82 Å². The minimum absolute atomic E-state index is 0.138. The smallest absolute Gasteiger partial charge is 0.416 e. The highest BCUT2D eigenvalue weighted by atomic mass is 19.4. The molecular weight excluding hydrogens is 501 g/mol. The zero-order valence-corrected chi connectivity index (χ0v) is 22.1. The lowest BCUT2D eigenvalue weighted by Crippen LogP contribution is -2.37. The van der Waals surface area contributed by atoms with Crippen molar-refractivity contribution < 1.29 is 32.2 Å². The number of nitrogens with zero attached hydrogens (tertiary/aromatic N) is 4. The molecule has 1 aromatic carbocycles. The van der Waals surface area contributed by atoms with Crippen molar-refractivity contribution in [2.45, 2.75) is 70.6 Å². The van der Waals surface area contributed by atoms with Crippen molar-refractivity contribution in [3.05, 3.63) is 34.5 Å². The molecule has 5 rings (SSSR count). The molecule has 8 nitrogen and oxygen atoms in total. The number of methoxy groups -OCH3 is 1. The third-order valence-electron chi connectivity index (χ3n) is 7.84. The molecule has 4 heterocycles. The first kappa shape index (κ1) is 26.6. The van der Waals surface area contributed by atoms with E-state index in [2.05, 4.69) is 0 Å². The fourth-order valence-corrected chi connectivity index (χ4v) is 5.90. The van der Waals surface area contributed by atoms with Gasteiger partial charge in [0.25, 0.3) is 0 Å². The van der Waals surface area contributed by atoms with Gasteiger partial charge in [-0.05, 0) is 42.9 Å². The number of hydrogen-bond donors (Lipinski definition) is 0. The molecule has 0 spiro atoms. The van der Waals surface area contributed by atoms with Gasteiger partial charge in [-0.25, -0.2) is 4.79 Å². The molecule has 0 aliphatic carbocycles. The summed E-state index contributed by atoms with van der Waals surface area (Å²) in [6, 6.07) is 2.92. The number of ether oxygens (including phenoxy) is 3. The number of amides is 1. The highest BCUT2D eigenvalue weighted by Crippen LogP contribution is 2.47. The lowest BCUT2D eigenvalue weighted by molar-refractivity contribution is -0.138. The van der Waals surface area contributed by atoms with Gasteiger partial charge in [-0.15, -0.1) is 0 Å². The Morgan fingerprint density at radius 1 is 1.21 bits per heavy atom. The zero-order chi connectivity index (χ0) is 27.0. The number of aromatic nitrogens is 2. The quantitative estimate of drug-likeness (QED) is 0.480. The number of benzene rings is 1. The van der Waals surface area contributed by atoms with Gasteiger partial charge in [0.05, 0.1) is 37.5 Å². The van der Waals surface area contributed by atoms with Gasteiger partial charge >= 0.3 is 12.3 Å². The first-order chi connectivity index (χ1) is 18.2. The van der Waals surface area contributed by atoms with E-state index >= 15 is 0 Å². The van der Waals surface area contributed by atoms with Crippen molar-refractivity contribution >= 4 is 17.6 Å². The third kappa shape index (κ3) is 4.92. The summed E-state index contributed by atoms with van der Waals surface area (Å²) in [5.41, 5.74) is 1.83. The molecule has 0 saturated carbocycles. The van der Waals surface area contributed by atoms with E-state index in [1.165, 1.54) is 13.2 Å². The summed E-state index contributed by atoms with van der Waals surface area (Å²) in [5, 5.41) is 5.01. The van der Waals surface area contributed by atoms with Crippen LogP contribution in [0.4, 0.5) is 29.5 Å². The first-order valence-electron chi connectivity index (χ1n) is 13.4. The molecule has 0 bridgehead atoms. The van der Waals surface area contributed by atoms with Crippen LogP contribution in [0.1, 0.15) is 73.9 Å². The normalized spacial score (nSPS) is 19.0. The maximum absolute atomic E-state index is 14.3. The maximum atomic E-state index is 14.3. The average molecular weight is 537 g/mol. The Balaban J connectivity index is 1.62. The van der Waals surface area contributed by atoms with Gasteiger partial charge < -0.3 is 24.0 Å². The molecule has 3 aliphatic heterocycles. The summed E-state index contributed by atoms with van der Waals surface area (Å²) >= 11 is 0. The van der Waals surface area contributed by atoms with E-state index in [1.807, 2.05) is 23.4 Å². The van der Waals surface area contributed by atoms with Crippen LogP contribution < -0.4 is 9.64 Å². The van der Waals surface area contributed by atoms with E-state index in [4.69, 9.17) is 19.3 Å². The molecule has 0 radical (unpaired) electrons. The molecule has 3 aliphatic rings. The minimum atomic E-state index is -4.50. The fourth-order valence-electron chi connectivity index (χ4n) is 5.90. The number of fused-ring (bicyclic) bond motifs is 2. The summed E-state index contributed by atoms with van der Waals surface area (Å²) in [4.78, 5) is 15.8. The number of hydrogen-bond acceptors (Lipinski definition) is 6. The number of anilines is 2. The second kappa shape index (κ2) is 10.7. The van der Waals surface area contributed by atoms with Gasteiger partial charge in [0.1, 0.15) is 12.4 Å². The molecule has 11 heteroatoms. The van der Waals surface area contributed by atoms with Gasteiger partial charge in [0, 0.05) is 37.4 Å². The number of carbonyl (C=O) groups excluding carboxylic acids is 1. The van der Waals surface area contributed by atoms with Gasteiger partial charge in [-0.2, -0.15) is 18.3 Å². The van der Waals surface area contributed by atoms with Crippen molar-refractivity contribution in [1.29, 1.82) is 0 Å². The third-order valence-corrected chi connectivity index (χ3v) is 7.84. The van der Waals surface area contributed by atoms with Crippen LogP contribution in [0.25, 0.3) is 0 Å². The first-order valence-corrected chi connectivity index (χ1v) is 13.4. The largest absolute Gasteiger partial charge is 0.490 e. The fraction of sp³-hybridized carbons (Fsp3) is 0.630. The highest BCUT2D eigenvalue weighted by Gasteiger charge is 2.39. The van der Waals surface area contributed by atoms with Crippen LogP contribution in [0.15, 0.2) is 12.1 Å². The van der Waals surface area contributed by atoms with Crippen LogP contribution >= 0.6 is 0 Å². The molecular formula is C27H35F3N4O4. The summed E-state index contributed by atoms with van der Waals surface area (Å²) < 4.78 is 61.3. The monoisotopic (exact) mass is 536 g/mol. The molecule has 1 aromatic heterocycles. The predicted octanol–water partition coefficient (Wildman–Crippen LogP) is 5.81. The second-order valence-corrected chi connectivity index (χ2v) is 10.3. The van der Waals surface area contributed by atoms with Crippen molar-refractivity contribution in [3.63, 3.8) is 0 Å². The standard InChI is InChI=1S/C27H35F3N4O4/c1-4-5-17(2)19-14-24-23(15-21(19)27(28,29)30)33(10-13-38-24)25-20-16-32(26(35)36-3)9-6-22(20)34(31-25)18-7-11-37-12-8-18/h14-15,17-18H,4-13,16H2,1-3H3. The van der Waals surface area contributed by atoms with Crippen LogP contribution in [0.2, 0.25) is 0 Å². The molecule has 1 atom stereocenters. The van der Waals surface area contributed by atoms with Gasteiger partial charge in [-0.1, -0.05) is 20.3 Å². The summed E-state index contributed by atoms with van der Waals surface area (Å²) in [6.45, 7) is 6.51. The second-order valence-electron chi connectivity index (χ2n) is 10.3. The van der Waals surface area contributed by atoms with Gasteiger partial charge in [0.2, 0.25) is 0 Å². The topological polar surface area (TPSA) is 69.1 Å². The maximum Gasteiger partial charge on any atom is 0.416 e. The predicted molar refractivity (Wildman–Crippen MR) is 135 cm³/mol. The van der Waals surface area contributed by atoms with E-state index in [0.29, 0.717) is 63.0 Å². The Morgan fingerprint density at radius 3 is 2.66 bits per heavy atom. The number of rotatable bonds is 5. The Kier molecular flexibility index (Phi) is 7.48. The molecule has 1 saturated heterocycles. The number of carbonyl (C=O) groups is 1. The van der Waals surface area contributed by atoms with Crippen molar-refractivity contribution in [2.75, 3.05) is 44.9 Å². The molecule has 208 valence electrons. The van der Waals surface area contributed by atoms with E-state index < -0.39 is 17.8 Å². The van der Waals surface area contributed by atoms with E-state index in [9.17, 15) is 18.0 Å². The molecule has 1 amide bonds. The Bertz CT molecular complexity index is 1180. The molecule has 1 fully saturated rings. The van der Waals surface area contributed by atoms with Crippen LogP contribution in [-0.2, 0) is 28.6 Å². The average Bonchev–Trinajstić information content (AvgIpc) is 3.30. The van der Waals surface area contributed by atoms with E-state index in [0.717, 1.165) is 30.5 Å². The van der Waals surface area contributed by atoms with Crippen molar-refractivity contribution in [3.8, 4) is 5.75 Å². The molecule has 2 aromatic rings. The van der Waals surface area contributed by atoms with Crippen LogP contribution in [-0.4, -0.2) is 60.8 Å². The Labute approximate surface area is 220 Å². The van der Waals surface area contributed by atoms with Crippen LogP contribution in [0.3, 0.4) is 0 Å². The minimum Gasteiger partial charge on any atom is -0.490 e. The summed E-state index contributed by atoms with van der Waals surface area (Å²) in [6.07, 6.45) is -1.29. The lowest BCUT2D eigenvalue weighted by atomic mass is 9.90. The van der Waals surface area contributed by atoms with E-state index in [-0.39, 0.29) is 24.1 Å². The zero-order valence-electron chi connectivity index (χ0n) is 22.1. The van der Waals surface area contributed by atoms with Crippen LogP contribution in [0, 0.1) is 0 Å². The number of alkyl halides is 3. The van der Waals surface area contributed by atoms with E-state index in [1.54, 1.807) is 11.0 Å². The van der Waals surface area contributed by atoms with Crippen molar-refractivity contribution in [1.82, 2.24) is 14.7 Å².